The normalized spacial score (nSPS) is 20.9. The number of morpholine rings is 1. The third-order valence-corrected chi connectivity index (χ3v) is 5.90. The summed E-state index contributed by atoms with van der Waals surface area (Å²) in [5.74, 6) is -3.20. The molecule has 1 unspecified atom stereocenters. The van der Waals surface area contributed by atoms with E-state index in [1.807, 2.05) is 0 Å². The molecule has 0 saturated carbocycles. The molecule has 1 N–H and O–H groups in total. The number of amides is 1. The van der Waals surface area contributed by atoms with Gasteiger partial charge in [-0.1, -0.05) is 12.1 Å². The molecule has 0 aliphatic carbocycles. The minimum atomic E-state index is -0.959. The van der Waals surface area contributed by atoms with E-state index < -0.39 is 35.1 Å². The lowest BCUT2D eigenvalue weighted by atomic mass is 9.95. The number of carbonyl (C=O) groups is 2. The summed E-state index contributed by atoms with van der Waals surface area (Å²) >= 11 is 0. The predicted octanol–water partition coefficient (Wildman–Crippen LogP) is 2.73. The van der Waals surface area contributed by atoms with Crippen LogP contribution in [0.1, 0.15) is 17.2 Å². The lowest BCUT2D eigenvalue weighted by Gasteiger charge is -2.31. The van der Waals surface area contributed by atoms with Gasteiger partial charge in [0.15, 0.2) is 0 Å². The van der Waals surface area contributed by atoms with Gasteiger partial charge >= 0.3 is 0 Å². The number of aliphatic hydroxyl groups excluding tert-OH is 1. The Bertz CT molecular complexity index is 1080. The third-order valence-electron chi connectivity index (χ3n) is 5.90. The molecule has 7 nitrogen and oxygen atoms in total. The molecule has 0 spiro atoms. The van der Waals surface area contributed by atoms with Crippen LogP contribution in [0.15, 0.2) is 48.0 Å². The Morgan fingerprint density at radius 1 is 1.06 bits per heavy atom. The first kappa shape index (κ1) is 22.9. The van der Waals surface area contributed by atoms with Crippen molar-refractivity contribution in [3.63, 3.8) is 0 Å². The van der Waals surface area contributed by atoms with E-state index in [9.17, 15) is 23.5 Å². The van der Waals surface area contributed by atoms with E-state index in [1.165, 1.54) is 42.3 Å². The van der Waals surface area contributed by atoms with Crippen LogP contribution in [0.3, 0.4) is 0 Å². The first-order valence-electron chi connectivity index (χ1n) is 10.6. The molecular weight excluding hydrogens is 434 g/mol. The molecule has 0 bridgehead atoms. The van der Waals surface area contributed by atoms with Crippen LogP contribution < -0.4 is 4.74 Å². The number of nitrogens with zero attached hydrogens (tertiary/aromatic N) is 2. The quantitative estimate of drug-likeness (QED) is 0.408. The first-order valence-corrected chi connectivity index (χ1v) is 10.6. The summed E-state index contributed by atoms with van der Waals surface area (Å²) in [6.45, 7) is 3.28. The largest absolute Gasteiger partial charge is 0.507 e. The van der Waals surface area contributed by atoms with Gasteiger partial charge in [0.2, 0.25) is 0 Å². The number of Topliss-reactive ketones (excluding diaryl/α,β-unsaturated/α-hetero) is 1. The minimum Gasteiger partial charge on any atom is -0.507 e. The number of hydrogen-bond acceptors (Lipinski definition) is 6. The summed E-state index contributed by atoms with van der Waals surface area (Å²) in [7, 11) is 1.35. The van der Waals surface area contributed by atoms with Gasteiger partial charge in [0.1, 0.15) is 23.1 Å². The van der Waals surface area contributed by atoms with Gasteiger partial charge < -0.3 is 19.5 Å². The van der Waals surface area contributed by atoms with Gasteiger partial charge in [-0.2, -0.15) is 0 Å². The van der Waals surface area contributed by atoms with E-state index in [0.717, 1.165) is 12.1 Å². The molecule has 2 aliphatic rings. The van der Waals surface area contributed by atoms with Gasteiger partial charge in [0.05, 0.1) is 37.5 Å². The van der Waals surface area contributed by atoms with E-state index in [2.05, 4.69) is 4.90 Å². The fourth-order valence-corrected chi connectivity index (χ4v) is 4.19. The second-order valence-electron chi connectivity index (χ2n) is 7.84. The Morgan fingerprint density at radius 3 is 2.39 bits per heavy atom. The Morgan fingerprint density at radius 2 is 1.73 bits per heavy atom. The van der Waals surface area contributed by atoms with E-state index in [4.69, 9.17) is 9.47 Å². The second kappa shape index (κ2) is 9.68. The molecule has 1 amide bonds. The third kappa shape index (κ3) is 4.60. The van der Waals surface area contributed by atoms with Gasteiger partial charge in [-0.05, 0) is 35.9 Å². The number of carbonyl (C=O) groups excluding carboxylic acids is 2. The second-order valence-corrected chi connectivity index (χ2v) is 7.84. The summed E-state index contributed by atoms with van der Waals surface area (Å²) in [6, 6.07) is 7.93. The number of benzene rings is 2. The van der Waals surface area contributed by atoms with E-state index >= 15 is 0 Å². The molecule has 2 aliphatic heterocycles. The number of ketones is 1. The molecule has 33 heavy (non-hydrogen) atoms. The van der Waals surface area contributed by atoms with Gasteiger partial charge in [0, 0.05) is 26.2 Å². The molecule has 0 aromatic heterocycles. The van der Waals surface area contributed by atoms with Gasteiger partial charge in [-0.3, -0.25) is 14.5 Å². The van der Waals surface area contributed by atoms with Crippen LogP contribution in [0.2, 0.25) is 0 Å². The number of ether oxygens (including phenoxy) is 2. The van der Waals surface area contributed by atoms with Crippen molar-refractivity contribution in [2.45, 2.75) is 6.04 Å². The van der Waals surface area contributed by atoms with E-state index in [0.29, 0.717) is 38.4 Å². The van der Waals surface area contributed by atoms with Crippen molar-refractivity contribution in [2.75, 3.05) is 46.5 Å². The molecule has 174 valence electrons. The van der Waals surface area contributed by atoms with Crippen LogP contribution in [0.5, 0.6) is 5.75 Å². The average Bonchev–Trinajstić information content (AvgIpc) is 3.08. The lowest BCUT2D eigenvalue weighted by Crippen LogP contribution is -2.42. The zero-order valence-electron chi connectivity index (χ0n) is 18.1. The van der Waals surface area contributed by atoms with E-state index in [-0.39, 0.29) is 23.4 Å². The Hall–Kier alpha value is -3.30. The van der Waals surface area contributed by atoms with Crippen LogP contribution in [0.25, 0.3) is 5.76 Å². The maximum atomic E-state index is 14.0. The molecule has 0 radical (unpaired) electrons. The van der Waals surface area contributed by atoms with Crippen LogP contribution >= 0.6 is 0 Å². The molecular formula is C24H24F2N2O5. The minimum absolute atomic E-state index is 0.0456. The Kier molecular flexibility index (Phi) is 6.71. The molecule has 1 atom stereocenters. The summed E-state index contributed by atoms with van der Waals surface area (Å²) in [5, 5.41) is 11.1. The van der Waals surface area contributed by atoms with Gasteiger partial charge in [-0.25, -0.2) is 8.78 Å². The monoisotopic (exact) mass is 458 g/mol. The van der Waals surface area contributed by atoms with Gasteiger partial charge in [-0.15, -0.1) is 0 Å². The highest BCUT2D eigenvalue weighted by atomic mass is 19.1. The fourth-order valence-electron chi connectivity index (χ4n) is 4.19. The van der Waals surface area contributed by atoms with Crippen LogP contribution in [0.4, 0.5) is 8.78 Å². The van der Waals surface area contributed by atoms with Crippen molar-refractivity contribution >= 4 is 17.4 Å². The van der Waals surface area contributed by atoms with Gasteiger partial charge in [0.25, 0.3) is 11.7 Å². The summed E-state index contributed by atoms with van der Waals surface area (Å²) in [5.41, 5.74) is 0.211. The van der Waals surface area contributed by atoms with Crippen molar-refractivity contribution in [1.82, 2.24) is 9.80 Å². The Balaban J connectivity index is 1.78. The van der Waals surface area contributed by atoms with E-state index in [1.54, 1.807) is 0 Å². The smallest absolute Gasteiger partial charge is 0.295 e. The first-order chi connectivity index (χ1) is 15.9. The number of methoxy groups -OCH3 is 1. The lowest BCUT2D eigenvalue weighted by molar-refractivity contribution is -0.140. The van der Waals surface area contributed by atoms with Crippen molar-refractivity contribution in [2.24, 2.45) is 0 Å². The highest BCUT2D eigenvalue weighted by molar-refractivity contribution is 6.46. The molecule has 9 heteroatoms. The number of rotatable bonds is 6. The number of likely N-dealkylation sites (tertiary alicyclic amines) is 1. The number of hydrogen-bond donors (Lipinski definition) is 1. The zero-order valence-corrected chi connectivity index (χ0v) is 18.1. The zero-order chi connectivity index (χ0) is 23.5. The maximum Gasteiger partial charge on any atom is 0.295 e. The molecule has 2 fully saturated rings. The molecule has 4 rings (SSSR count). The molecule has 2 aromatic rings. The average molecular weight is 458 g/mol. The van der Waals surface area contributed by atoms with Crippen LogP contribution in [-0.2, 0) is 14.3 Å². The number of aliphatic hydroxyl groups is 1. The Labute approximate surface area is 189 Å². The number of halogens is 2. The summed E-state index contributed by atoms with van der Waals surface area (Å²) in [6.07, 6.45) is 0. The van der Waals surface area contributed by atoms with Crippen LogP contribution in [0, 0.1) is 11.6 Å². The molecule has 2 heterocycles. The topological polar surface area (TPSA) is 79.3 Å². The SMILES string of the molecule is COc1ccc(F)cc1/C(O)=C1\C(=O)C(=O)N(CCN2CCOCC2)C1c1ccc(F)cc1. The van der Waals surface area contributed by atoms with Crippen molar-refractivity contribution in [3.8, 4) is 5.75 Å². The van der Waals surface area contributed by atoms with Crippen molar-refractivity contribution < 1.29 is 33.0 Å². The predicted molar refractivity (Wildman–Crippen MR) is 116 cm³/mol. The maximum absolute atomic E-state index is 14.0. The summed E-state index contributed by atoms with van der Waals surface area (Å²) in [4.78, 5) is 29.5. The highest BCUT2D eigenvalue weighted by Gasteiger charge is 2.46. The van der Waals surface area contributed by atoms with Crippen LogP contribution in [-0.4, -0.2) is 73.1 Å². The highest BCUT2D eigenvalue weighted by Crippen LogP contribution is 2.41. The fraction of sp³-hybridized carbons (Fsp3) is 0.333. The summed E-state index contributed by atoms with van der Waals surface area (Å²) < 4.78 is 38.1. The van der Waals surface area contributed by atoms with Crippen molar-refractivity contribution in [1.29, 1.82) is 0 Å². The molecule has 2 saturated heterocycles. The standard InChI is InChI=1S/C24H24F2N2O5/c1-32-19-7-6-17(26)14-18(19)22(29)20-21(15-2-4-16(25)5-3-15)28(24(31)23(20)30)9-8-27-10-12-33-13-11-27/h2-7,14,21,29H,8-13H2,1H3/b22-20+. The molecule has 2 aromatic carbocycles. The van der Waals surface area contributed by atoms with Crippen molar-refractivity contribution in [3.05, 3.63) is 70.8 Å².